The summed E-state index contributed by atoms with van der Waals surface area (Å²) in [6.45, 7) is 1.20. The minimum Gasteiger partial charge on any atom is -0.506 e. The van der Waals surface area contributed by atoms with Gasteiger partial charge < -0.3 is 19.5 Å². The molecule has 0 spiro atoms. The molecule has 1 aromatic heterocycles. The Morgan fingerprint density at radius 1 is 1.04 bits per heavy atom. The third-order valence-corrected chi connectivity index (χ3v) is 4.49. The number of phenolic OH excluding ortho intramolecular Hbond substituents is 1. The van der Waals surface area contributed by atoms with Crippen molar-refractivity contribution in [1.82, 2.24) is 9.47 Å². The van der Waals surface area contributed by atoms with Crippen LogP contribution in [0.3, 0.4) is 0 Å². The Morgan fingerprint density at radius 3 is 2.33 bits per heavy atom. The highest BCUT2D eigenvalue weighted by molar-refractivity contribution is 5.76. The zero-order valence-electron chi connectivity index (χ0n) is 14.3. The number of para-hydroxylation sites is 2. The van der Waals surface area contributed by atoms with Crippen molar-refractivity contribution in [3.63, 3.8) is 0 Å². The van der Waals surface area contributed by atoms with Gasteiger partial charge in [0.05, 0.1) is 5.69 Å². The second kappa shape index (κ2) is 7.34. The third kappa shape index (κ3) is 4.07. The van der Waals surface area contributed by atoms with Crippen LogP contribution in [0.25, 0.3) is 0 Å². The Bertz CT molecular complexity index is 887. The number of anilines is 1. The summed E-state index contributed by atoms with van der Waals surface area (Å²) >= 11 is 0. The topological polar surface area (TPSA) is 65.8 Å². The number of carbonyl (C=O) groups excluding carboxylic acids is 1. The number of aromatic nitrogens is 1. The van der Waals surface area contributed by atoms with Crippen LogP contribution >= 0.6 is 0 Å². The van der Waals surface area contributed by atoms with Crippen molar-refractivity contribution in [1.29, 1.82) is 0 Å². The molecular formula is C18H18F3N3O3. The standard InChI is InChI=1S/C18H18F3N3O3/c19-18(20,21)13-4-3-7-24(17(13)27)12-16(26)23-10-8-22(9-11-23)14-5-1-2-6-15(14)25/h1-7,25H,8-12H2. The largest absolute Gasteiger partial charge is 0.506 e. The molecule has 0 atom stereocenters. The molecule has 1 saturated heterocycles. The van der Waals surface area contributed by atoms with E-state index in [2.05, 4.69) is 0 Å². The lowest BCUT2D eigenvalue weighted by Crippen LogP contribution is -2.50. The summed E-state index contributed by atoms with van der Waals surface area (Å²) in [5, 5.41) is 9.90. The van der Waals surface area contributed by atoms with Crippen molar-refractivity contribution >= 4 is 11.6 Å². The van der Waals surface area contributed by atoms with E-state index >= 15 is 0 Å². The highest BCUT2D eigenvalue weighted by Crippen LogP contribution is 2.27. The summed E-state index contributed by atoms with van der Waals surface area (Å²) in [5.74, 6) is -0.277. The van der Waals surface area contributed by atoms with Gasteiger partial charge in [-0.05, 0) is 24.3 Å². The third-order valence-electron chi connectivity index (χ3n) is 4.49. The average Bonchev–Trinajstić information content (AvgIpc) is 2.63. The van der Waals surface area contributed by atoms with E-state index in [4.69, 9.17) is 0 Å². The summed E-state index contributed by atoms with van der Waals surface area (Å²) in [6.07, 6.45) is -3.58. The Balaban J connectivity index is 1.66. The SMILES string of the molecule is O=C(Cn1cccc(C(F)(F)F)c1=O)N1CCN(c2ccccc2O)CC1. The molecule has 9 heteroatoms. The smallest absolute Gasteiger partial charge is 0.421 e. The van der Waals surface area contributed by atoms with Gasteiger partial charge in [0.15, 0.2) is 0 Å². The van der Waals surface area contributed by atoms with Crippen LogP contribution in [-0.2, 0) is 17.5 Å². The fourth-order valence-electron chi connectivity index (χ4n) is 3.05. The van der Waals surface area contributed by atoms with Crippen LogP contribution in [0, 0.1) is 0 Å². The van der Waals surface area contributed by atoms with E-state index in [9.17, 15) is 27.9 Å². The summed E-state index contributed by atoms with van der Waals surface area (Å²) in [5.41, 5.74) is -1.85. The van der Waals surface area contributed by atoms with Crippen LogP contribution in [0.4, 0.5) is 18.9 Å². The number of amides is 1. The molecule has 1 N–H and O–H groups in total. The maximum absolute atomic E-state index is 12.8. The van der Waals surface area contributed by atoms with E-state index in [0.717, 1.165) is 10.6 Å². The highest BCUT2D eigenvalue weighted by Gasteiger charge is 2.34. The first-order chi connectivity index (χ1) is 12.8. The number of hydrogen-bond acceptors (Lipinski definition) is 4. The van der Waals surface area contributed by atoms with Crippen molar-refractivity contribution in [3.05, 3.63) is 58.5 Å². The number of hydrogen-bond donors (Lipinski definition) is 1. The lowest BCUT2D eigenvalue weighted by Gasteiger charge is -2.36. The molecule has 1 fully saturated rings. The molecule has 144 valence electrons. The van der Waals surface area contributed by atoms with Gasteiger partial charge in [0, 0.05) is 32.4 Å². The Kier molecular flexibility index (Phi) is 5.11. The maximum atomic E-state index is 12.8. The van der Waals surface area contributed by atoms with Crippen molar-refractivity contribution in [2.24, 2.45) is 0 Å². The molecule has 0 unspecified atom stereocenters. The van der Waals surface area contributed by atoms with E-state index < -0.39 is 29.8 Å². The first-order valence-corrected chi connectivity index (χ1v) is 8.35. The maximum Gasteiger partial charge on any atom is 0.421 e. The lowest BCUT2D eigenvalue weighted by atomic mass is 10.2. The van der Waals surface area contributed by atoms with Crippen molar-refractivity contribution < 1.29 is 23.1 Å². The van der Waals surface area contributed by atoms with Crippen LogP contribution in [-0.4, -0.2) is 46.7 Å². The van der Waals surface area contributed by atoms with Crippen molar-refractivity contribution in [2.75, 3.05) is 31.1 Å². The van der Waals surface area contributed by atoms with Crippen molar-refractivity contribution in [2.45, 2.75) is 12.7 Å². The molecule has 1 aliphatic rings. The van der Waals surface area contributed by atoms with E-state index in [-0.39, 0.29) is 5.75 Å². The van der Waals surface area contributed by atoms with Gasteiger partial charge in [-0.3, -0.25) is 9.59 Å². The quantitative estimate of drug-likeness (QED) is 0.882. The number of pyridine rings is 1. The van der Waals surface area contributed by atoms with Crippen molar-refractivity contribution in [3.8, 4) is 5.75 Å². The molecular weight excluding hydrogens is 363 g/mol. The second-order valence-corrected chi connectivity index (χ2v) is 6.21. The van der Waals surface area contributed by atoms with Gasteiger partial charge in [0.1, 0.15) is 17.9 Å². The fraction of sp³-hybridized carbons (Fsp3) is 0.333. The van der Waals surface area contributed by atoms with E-state index in [0.29, 0.717) is 37.9 Å². The monoisotopic (exact) mass is 381 g/mol. The van der Waals surface area contributed by atoms with Gasteiger partial charge in [-0.25, -0.2) is 0 Å². The van der Waals surface area contributed by atoms with Gasteiger partial charge in [-0.1, -0.05) is 12.1 Å². The van der Waals surface area contributed by atoms with Gasteiger partial charge in [-0.2, -0.15) is 13.2 Å². The molecule has 27 heavy (non-hydrogen) atoms. The number of rotatable bonds is 3. The van der Waals surface area contributed by atoms with Gasteiger partial charge in [0.25, 0.3) is 5.56 Å². The molecule has 0 saturated carbocycles. The first kappa shape index (κ1) is 18.8. The lowest BCUT2D eigenvalue weighted by molar-refractivity contribution is -0.139. The molecule has 6 nitrogen and oxygen atoms in total. The van der Waals surface area contributed by atoms with Gasteiger partial charge >= 0.3 is 6.18 Å². The number of piperazine rings is 1. The molecule has 0 radical (unpaired) electrons. The molecule has 1 aromatic carbocycles. The van der Waals surface area contributed by atoms with Crippen LogP contribution in [0.15, 0.2) is 47.4 Å². The first-order valence-electron chi connectivity index (χ1n) is 8.35. The number of alkyl halides is 3. The highest BCUT2D eigenvalue weighted by atomic mass is 19.4. The molecule has 1 amide bonds. The number of phenols is 1. The van der Waals surface area contributed by atoms with E-state index in [1.807, 2.05) is 4.90 Å². The minimum absolute atomic E-state index is 0.146. The van der Waals surface area contributed by atoms with Crippen LogP contribution in [0.1, 0.15) is 5.56 Å². The van der Waals surface area contributed by atoms with Gasteiger partial charge in [-0.15, -0.1) is 0 Å². The number of halogens is 3. The predicted molar refractivity (Wildman–Crippen MR) is 92.6 cm³/mol. The molecule has 2 aromatic rings. The average molecular weight is 381 g/mol. The Labute approximate surface area is 153 Å². The number of nitrogens with zero attached hydrogens (tertiary/aromatic N) is 3. The summed E-state index contributed by atoms with van der Waals surface area (Å²) < 4.78 is 39.2. The van der Waals surface area contributed by atoms with Crippen LogP contribution in [0.2, 0.25) is 0 Å². The molecule has 3 rings (SSSR count). The number of aromatic hydroxyl groups is 1. The predicted octanol–water partition coefficient (Wildman–Crippen LogP) is 1.92. The Morgan fingerprint density at radius 2 is 1.70 bits per heavy atom. The molecule has 0 bridgehead atoms. The second-order valence-electron chi connectivity index (χ2n) is 6.21. The molecule has 2 heterocycles. The normalized spacial score (nSPS) is 15.1. The van der Waals surface area contributed by atoms with Gasteiger partial charge in [0.2, 0.25) is 5.91 Å². The summed E-state index contributed by atoms with van der Waals surface area (Å²) in [4.78, 5) is 27.8. The number of benzene rings is 1. The number of carbonyl (C=O) groups is 1. The summed E-state index contributed by atoms with van der Waals surface area (Å²) in [7, 11) is 0. The summed E-state index contributed by atoms with van der Waals surface area (Å²) in [6, 6.07) is 8.67. The van der Waals surface area contributed by atoms with E-state index in [1.54, 1.807) is 24.3 Å². The Hall–Kier alpha value is -2.97. The minimum atomic E-state index is -4.76. The molecule has 1 aliphatic heterocycles. The van der Waals surface area contributed by atoms with E-state index in [1.165, 1.54) is 11.1 Å². The van der Waals surface area contributed by atoms with Crippen LogP contribution < -0.4 is 10.5 Å². The fourth-order valence-corrected chi connectivity index (χ4v) is 3.05. The zero-order valence-corrected chi connectivity index (χ0v) is 14.3. The van der Waals surface area contributed by atoms with Crippen LogP contribution in [0.5, 0.6) is 5.75 Å². The zero-order chi connectivity index (χ0) is 19.6. The molecule has 0 aliphatic carbocycles.